The van der Waals surface area contributed by atoms with E-state index in [1.807, 2.05) is 6.07 Å². The van der Waals surface area contributed by atoms with E-state index >= 15 is 0 Å². The lowest BCUT2D eigenvalue weighted by Crippen LogP contribution is -2.14. The fraction of sp³-hybridized carbons (Fsp3) is 0.0714. The summed E-state index contributed by atoms with van der Waals surface area (Å²) in [5, 5.41) is 19.5. The second-order valence-electron chi connectivity index (χ2n) is 4.36. The van der Waals surface area contributed by atoms with Crippen molar-refractivity contribution in [3.63, 3.8) is 0 Å². The second kappa shape index (κ2) is 5.00. The number of amides is 1. The summed E-state index contributed by atoms with van der Waals surface area (Å²) in [7, 11) is 0. The molecule has 0 spiro atoms. The van der Waals surface area contributed by atoms with Gasteiger partial charge in [-0.2, -0.15) is 5.10 Å². The molecule has 0 radical (unpaired) electrons. The first kappa shape index (κ1) is 12.2. The van der Waals surface area contributed by atoms with Crippen LogP contribution in [0.1, 0.15) is 5.56 Å². The molecule has 0 fully saturated rings. The van der Waals surface area contributed by atoms with Crippen LogP contribution in [0.5, 0.6) is 5.75 Å². The van der Waals surface area contributed by atoms with E-state index in [1.54, 1.807) is 36.5 Å². The Morgan fingerprint density at radius 1 is 1.25 bits per heavy atom. The van der Waals surface area contributed by atoms with Crippen molar-refractivity contribution >= 4 is 22.8 Å². The SMILES string of the molecule is O=C(Cc1ccc(O)cc1)Nc1[nH]nc2ncccc12. The quantitative estimate of drug-likeness (QED) is 0.676. The number of anilines is 1. The summed E-state index contributed by atoms with van der Waals surface area (Å²) in [6.45, 7) is 0. The molecule has 0 bridgehead atoms. The number of pyridine rings is 1. The Hall–Kier alpha value is -2.89. The van der Waals surface area contributed by atoms with E-state index in [1.165, 1.54) is 0 Å². The van der Waals surface area contributed by atoms with E-state index in [2.05, 4.69) is 20.5 Å². The van der Waals surface area contributed by atoms with Crippen LogP contribution in [-0.4, -0.2) is 26.2 Å². The molecule has 0 atom stereocenters. The van der Waals surface area contributed by atoms with Crippen LogP contribution in [0.15, 0.2) is 42.6 Å². The van der Waals surface area contributed by atoms with E-state index in [9.17, 15) is 9.90 Å². The molecule has 1 aromatic carbocycles. The summed E-state index contributed by atoms with van der Waals surface area (Å²) < 4.78 is 0. The number of nitrogens with one attached hydrogen (secondary N) is 2. The summed E-state index contributed by atoms with van der Waals surface area (Å²) >= 11 is 0. The Morgan fingerprint density at radius 2 is 2.05 bits per heavy atom. The fourth-order valence-corrected chi connectivity index (χ4v) is 1.93. The Labute approximate surface area is 114 Å². The van der Waals surface area contributed by atoms with Gasteiger partial charge in [0.05, 0.1) is 11.8 Å². The molecule has 3 N–H and O–H groups in total. The van der Waals surface area contributed by atoms with E-state index in [4.69, 9.17) is 0 Å². The highest BCUT2D eigenvalue weighted by atomic mass is 16.3. The molecule has 6 heteroatoms. The van der Waals surface area contributed by atoms with Gasteiger partial charge < -0.3 is 10.4 Å². The van der Waals surface area contributed by atoms with Gasteiger partial charge in [-0.25, -0.2) is 4.98 Å². The highest BCUT2D eigenvalue weighted by Gasteiger charge is 2.09. The largest absolute Gasteiger partial charge is 0.508 e. The third-order valence-corrected chi connectivity index (χ3v) is 2.90. The number of aromatic nitrogens is 3. The number of phenols is 1. The Morgan fingerprint density at radius 3 is 2.85 bits per heavy atom. The molecule has 2 heterocycles. The van der Waals surface area contributed by atoms with E-state index in [0.29, 0.717) is 11.5 Å². The van der Waals surface area contributed by atoms with Crippen LogP contribution >= 0.6 is 0 Å². The van der Waals surface area contributed by atoms with Gasteiger partial charge >= 0.3 is 0 Å². The van der Waals surface area contributed by atoms with Crippen molar-refractivity contribution in [2.24, 2.45) is 0 Å². The molecular formula is C14H12N4O2. The third kappa shape index (κ3) is 2.44. The predicted molar refractivity (Wildman–Crippen MR) is 74.3 cm³/mol. The number of benzene rings is 1. The van der Waals surface area contributed by atoms with Crippen molar-refractivity contribution < 1.29 is 9.90 Å². The van der Waals surface area contributed by atoms with Crippen LogP contribution < -0.4 is 5.32 Å². The summed E-state index contributed by atoms with van der Waals surface area (Å²) in [6.07, 6.45) is 1.87. The van der Waals surface area contributed by atoms with Gasteiger partial charge in [0, 0.05) is 6.20 Å². The molecule has 0 aliphatic rings. The van der Waals surface area contributed by atoms with Crippen molar-refractivity contribution in [2.75, 3.05) is 5.32 Å². The molecule has 0 unspecified atom stereocenters. The van der Waals surface area contributed by atoms with Crippen molar-refractivity contribution in [2.45, 2.75) is 6.42 Å². The van der Waals surface area contributed by atoms with Gasteiger partial charge in [-0.15, -0.1) is 0 Å². The number of aromatic amines is 1. The van der Waals surface area contributed by atoms with Gasteiger partial charge in [0.1, 0.15) is 11.6 Å². The molecule has 3 aromatic rings. The van der Waals surface area contributed by atoms with Crippen LogP contribution in [0, 0.1) is 0 Å². The Balaban J connectivity index is 1.74. The average molecular weight is 268 g/mol. The third-order valence-electron chi connectivity index (χ3n) is 2.90. The van der Waals surface area contributed by atoms with Gasteiger partial charge in [-0.1, -0.05) is 12.1 Å². The van der Waals surface area contributed by atoms with Crippen LogP contribution in [0.25, 0.3) is 11.0 Å². The average Bonchev–Trinajstić information content (AvgIpc) is 2.85. The number of hydrogen-bond donors (Lipinski definition) is 3. The first-order chi connectivity index (χ1) is 9.72. The number of hydrogen-bond acceptors (Lipinski definition) is 4. The monoisotopic (exact) mass is 268 g/mol. The van der Waals surface area contributed by atoms with Gasteiger partial charge in [0.15, 0.2) is 5.65 Å². The normalized spacial score (nSPS) is 10.6. The molecule has 0 saturated carbocycles. The number of H-pyrrole nitrogens is 1. The van der Waals surface area contributed by atoms with Crippen molar-refractivity contribution in [1.82, 2.24) is 15.2 Å². The van der Waals surface area contributed by atoms with Crippen molar-refractivity contribution in [3.8, 4) is 5.75 Å². The number of carbonyl (C=O) groups excluding carboxylic acids is 1. The molecule has 0 saturated heterocycles. The Bertz CT molecular complexity index is 749. The van der Waals surface area contributed by atoms with Crippen LogP contribution in [0.2, 0.25) is 0 Å². The van der Waals surface area contributed by atoms with Crippen molar-refractivity contribution in [3.05, 3.63) is 48.2 Å². The molecule has 20 heavy (non-hydrogen) atoms. The molecule has 6 nitrogen and oxygen atoms in total. The summed E-state index contributed by atoms with van der Waals surface area (Å²) in [5.74, 6) is 0.557. The second-order valence-corrected chi connectivity index (χ2v) is 4.36. The molecule has 3 rings (SSSR count). The lowest BCUT2D eigenvalue weighted by molar-refractivity contribution is -0.115. The fourth-order valence-electron chi connectivity index (χ4n) is 1.93. The van der Waals surface area contributed by atoms with E-state index in [-0.39, 0.29) is 18.1 Å². The standard InChI is InChI=1S/C14H12N4O2/c19-10-5-3-9(4-6-10)8-12(20)16-14-11-2-1-7-15-13(11)17-18-14/h1-7,19H,8H2,(H2,15,16,17,18,20). The number of rotatable bonds is 3. The lowest BCUT2D eigenvalue weighted by atomic mass is 10.1. The Kier molecular flexibility index (Phi) is 3.04. The van der Waals surface area contributed by atoms with E-state index in [0.717, 1.165) is 10.9 Å². The van der Waals surface area contributed by atoms with Gasteiger partial charge in [-0.3, -0.25) is 9.89 Å². The molecule has 1 amide bonds. The highest BCUT2D eigenvalue weighted by Crippen LogP contribution is 2.18. The minimum Gasteiger partial charge on any atom is -0.508 e. The zero-order chi connectivity index (χ0) is 13.9. The molecule has 100 valence electrons. The maximum atomic E-state index is 12.0. The number of phenolic OH excluding ortho intramolecular Hbond substituents is 1. The lowest BCUT2D eigenvalue weighted by Gasteiger charge is -2.03. The zero-order valence-electron chi connectivity index (χ0n) is 10.5. The molecule has 0 aliphatic heterocycles. The zero-order valence-corrected chi connectivity index (χ0v) is 10.5. The smallest absolute Gasteiger partial charge is 0.229 e. The van der Waals surface area contributed by atoms with Gasteiger partial charge in [0.2, 0.25) is 5.91 Å². The topological polar surface area (TPSA) is 90.9 Å². The molecule has 2 aromatic heterocycles. The maximum absolute atomic E-state index is 12.0. The first-order valence-electron chi connectivity index (χ1n) is 6.09. The molecular weight excluding hydrogens is 256 g/mol. The summed E-state index contributed by atoms with van der Waals surface area (Å²) in [6, 6.07) is 10.1. The van der Waals surface area contributed by atoms with Crippen molar-refractivity contribution in [1.29, 1.82) is 0 Å². The van der Waals surface area contributed by atoms with E-state index < -0.39 is 0 Å². The summed E-state index contributed by atoms with van der Waals surface area (Å²) in [5.41, 5.74) is 1.38. The van der Waals surface area contributed by atoms with Crippen LogP contribution in [-0.2, 0) is 11.2 Å². The maximum Gasteiger partial charge on any atom is 0.229 e. The number of aromatic hydroxyl groups is 1. The summed E-state index contributed by atoms with van der Waals surface area (Å²) in [4.78, 5) is 16.0. The van der Waals surface area contributed by atoms with Crippen LogP contribution in [0.4, 0.5) is 5.82 Å². The number of carbonyl (C=O) groups is 1. The highest BCUT2D eigenvalue weighted by molar-refractivity contribution is 5.99. The predicted octanol–water partition coefficient (Wildman–Crippen LogP) is 1.84. The van der Waals surface area contributed by atoms with Gasteiger partial charge in [0.25, 0.3) is 0 Å². The first-order valence-corrected chi connectivity index (χ1v) is 6.09. The minimum atomic E-state index is -0.162. The minimum absolute atomic E-state index is 0.162. The van der Waals surface area contributed by atoms with Gasteiger partial charge in [-0.05, 0) is 29.8 Å². The number of nitrogens with zero attached hydrogens (tertiary/aromatic N) is 2. The van der Waals surface area contributed by atoms with Crippen LogP contribution in [0.3, 0.4) is 0 Å². The molecule has 0 aliphatic carbocycles. The number of fused-ring (bicyclic) bond motifs is 1.